The molecule has 24 heavy (non-hydrogen) atoms. The zero-order chi connectivity index (χ0) is 17.3. The molecule has 0 radical (unpaired) electrons. The number of nitrogens with zero attached hydrogens (tertiary/aromatic N) is 1. The molecule has 1 saturated heterocycles. The quantitative estimate of drug-likeness (QED) is 0.400. The zero-order valence-electron chi connectivity index (χ0n) is 12.6. The number of thiophene rings is 1. The summed E-state index contributed by atoms with van der Waals surface area (Å²) >= 11 is 1.39. The highest BCUT2D eigenvalue weighted by atomic mass is 32.1. The molecule has 1 aromatic heterocycles. The van der Waals surface area contributed by atoms with Crippen LogP contribution in [0.15, 0.2) is 60.0 Å². The third kappa shape index (κ3) is 2.65. The molecule has 1 aromatic carbocycles. The minimum Gasteiger partial charge on any atom is -0.507 e. The second-order valence-electron chi connectivity index (χ2n) is 5.26. The first-order chi connectivity index (χ1) is 11.5. The van der Waals surface area contributed by atoms with Crippen LogP contribution in [0.25, 0.3) is 5.76 Å². The van der Waals surface area contributed by atoms with Gasteiger partial charge in [0, 0.05) is 17.0 Å². The lowest BCUT2D eigenvalue weighted by atomic mass is 10.00. The molecule has 1 unspecified atom stereocenters. The number of carbonyl (C=O) groups excluding carboxylic acids is 2. The number of benzene rings is 1. The van der Waals surface area contributed by atoms with E-state index in [0.717, 1.165) is 4.88 Å². The summed E-state index contributed by atoms with van der Waals surface area (Å²) in [5, 5.41) is 12.4. The van der Waals surface area contributed by atoms with Crippen molar-refractivity contribution in [3.8, 4) is 0 Å². The minimum atomic E-state index is -0.753. The van der Waals surface area contributed by atoms with Gasteiger partial charge in [-0.2, -0.15) is 0 Å². The molecule has 2 heterocycles. The van der Waals surface area contributed by atoms with E-state index in [-0.39, 0.29) is 23.4 Å². The van der Waals surface area contributed by atoms with Crippen LogP contribution >= 0.6 is 11.3 Å². The Morgan fingerprint density at radius 1 is 1.29 bits per heavy atom. The third-order valence-corrected chi connectivity index (χ3v) is 4.72. The molecule has 4 nitrogen and oxygen atoms in total. The number of likely N-dealkylation sites (tertiary alicyclic amines) is 1. The van der Waals surface area contributed by atoms with Gasteiger partial charge in [0.05, 0.1) is 11.6 Å². The van der Waals surface area contributed by atoms with Gasteiger partial charge < -0.3 is 10.0 Å². The van der Waals surface area contributed by atoms with E-state index in [2.05, 4.69) is 6.58 Å². The third-order valence-electron chi connectivity index (χ3n) is 3.80. The summed E-state index contributed by atoms with van der Waals surface area (Å²) in [6.45, 7) is 3.80. The monoisotopic (exact) mass is 343 g/mol. The zero-order valence-corrected chi connectivity index (χ0v) is 13.4. The highest BCUT2D eigenvalue weighted by Crippen LogP contribution is 2.40. The Balaban J connectivity index is 2.17. The van der Waals surface area contributed by atoms with Gasteiger partial charge in [-0.1, -0.05) is 12.1 Å². The molecule has 2 aromatic rings. The van der Waals surface area contributed by atoms with Crippen LogP contribution in [-0.2, 0) is 9.59 Å². The molecule has 0 spiro atoms. The van der Waals surface area contributed by atoms with Gasteiger partial charge in [-0.15, -0.1) is 17.9 Å². The number of rotatable bonds is 4. The number of hydrogen-bond acceptors (Lipinski definition) is 4. The number of halogens is 1. The Hall–Kier alpha value is -2.73. The average molecular weight is 343 g/mol. The highest BCUT2D eigenvalue weighted by molar-refractivity contribution is 7.10. The van der Waals surface area contributed by atoms with E-state index >= 15 is 0 Å². The van der Waals surface area contributed by atoms with Gasteiger partial charge in [-0.3, -0.25) is 9.59 Å². The van der Waals surface area contributed by atoms with Gasteiger partial charge in [0.1, 0.15) is 11.6 Å². The van der Waals surface area contributed by atoms with Crippen LogP contribution < -0.4 is 0 Å². The fourth-order valence-corrected chi connectivity index (χ4v) is 3.56. The first-order valence-corrected chi connectivity index (χ1v) is 8.11. The van der Waals surface area contributed by atoms with Crippen molar-refractivity contribution in [2.75, 3.05) is 6.54 Å². The fourth-order valence-electron chi connectivity index (χ4n) is 2.71. The Morgan fingerprint density at radius 2 is 2.00 bits per heavy atom. The summed E-state index contributed by atoms with van der Waals surface area (Å²) in [7, 11) is 0. The SMILES string of the molecule is C=CCN1C(=O)C(=O)/C(=C(/O)c2ccc(F)cc2)C1c1cccs1. The minimum absolute atomic E-state index is 0.0101. The van der Waals surface area contributed by atoms with Crippen LogP contribution in [0.1, 0.15) is 16.5 Å². The summed E-state index contributed by atoms with van der Waals surface area (Å²) in [5.74, 6) is -2.19. The lowest BCUT2D eigenvalue weighted by Crippen LogP contribution is -2.29. The molecular formula is C18H14FNO3S. The Morgan fingerprint density at radius 3 is 2.58 bits per heavy atom. The number of aliphatic hydroxyl groups is 1. The Bertz CT molecular complexity index is 824. The molecule has 0 aliphatic carbocycles. The highest BCUT2D eigenvalue weighted by Gasteiger charge is 2.45. The molecule has 1 N–H and O–H groups in total. The second-order valence-corrected chi connectivity index (χ2v) is 6.24. The molecule has 0 saturated carbocycles. The van der Waals surface area contributed by atoms with Crippen LogP contribution in [0.5, 0.6) is 0 Å². The maximum Gasteiger partial charge on any atom is 0.295 e. The molecule has 6 heteroatoms. The van der Waals surface area contributed by atoms with Crippen LogP contribution in [0.4, 0.5) is 4.39 Å². The van der Waals surface area contributed by atoms with Crippen LogP contribution in [0.2, 0.25) is 0 Å². The van der Waals surface area contributed by atoms with E-state index in [1.165, 1.54) is 46.6 Å². The number of Topliss-reactive ketones (excluding diaryl/α,β-unsaturated/α-hetero) is 1. The molecule has 0 bridgehead atoms. The van der Waals surface area contributed by atoms with Crippen molar-refractivity contribution >= 4 is 28.8 Å². The predicted octanol–water partition coefficient (Wildman–Crippen LogP) is 3.49. The van der Waals surface area contributed by atoms with Crippen LogP contribution in [0, 0.1) is 5.82 Å². The molecular weight excluding hydrogens is 329 g/mol. The molecule has 3 rings (SSSR count). The van der Waals surface area contributed by atoms with E-state index in [4.69, 9.17) is 0 Å². The number of hydrogen-bond donors (Lipinski definition) is 1. The summed E-state index contributed by atoms with van der Waals surface area (Å²) in [5.41, 5.74) is 0.297. The maximum absolute atomic E-state index is 13.1. The Kier molecular flexibility index (Phi) is 4.31. The molecule has 1 atom stereocenters. The number of aliphatic hydroxyl groups excluding tert-OH is 1. The lowest BCUT2D eigenvalue weighted by Gasteiger charge is -2.22. The van der Waals surface area contributed by atoms with Gasteiger partial charge in [0.2, 0.25) is 0 Å². The van der Waals surface area contributed by atoms with Crippen molar-refractivity contribution < 1.29 is 19.1 Å². The Labute approximate surface area is 142 Å². The molecule has 1 aliphatic rings. The normalized spacial score (nSPS) is 19.7. The molecule has 122 valence electrons. The summed E-state index contributed by atoms with van der Waals surface area (Å²) in [4.78, 5) is 26.9. The largest absolute Gasteiger partial charge is 0.507 e. The van der Waals surface area contributed by atoms with Gasteiger partial charge in [0.25, 0.3) is 11.7 Å². The van der Waals surface area contributed by atoms with E-state index in [1.54, 1.807) is 6.07 Å². The molecule has 1 amide bonds. The van der Waals surface area contributed by atoms with Crippen molar-refractivity contribution in [2.45, 2.75) is 6.04 Å². The van der Waals surface area contributed by atoms with Crippen molar-refractivity contribution in [3.63, 3.8) is 0 Å². The van der Waals surface area contributed by atoms with Crippen molar-refractivity contribution in [2.24, 2.45) is 0 Å². The second kappa shape index (κ2) is 6.41. The first-order valence-electron chi connectivity index (χ1n) is 7.23. The van der Waals surface area contributed by atoms with Crippen LogP contribution in [0.3, 0.4) is 0 Å². The van der Waals surface area contributed by atoms with Crippen molar-refractivity contribution in [1.82, 2.24) is 4.90 Å². The van der Waals surface area contributed by atoms with Gasteiger partial charge in [-0.25, -0.2) is 4.39 Å². The molecule has 1 fully saturated rings. The smallest absolute Gasteiger partial charge is 0.295 e. The fraction of sp³-hybridized carbons (Fsp3) is 0.111. The van der Waals surface area contributed by atoms with E-state index < -0.39 is 23.5 Å². The molecule has 1 aliphatic heterocycles. The topological polar surface area (TPSA) is 57.6 Å². The van der Waals surface area contributed by atoms with Crippen molar-refractivity contribution in [1.29, 1.82) is 0 Å². The van der Waals surface area contributed by atoms with Gasteiger partial charge >= 0.3 is 0 Å². The lowest BCUT2D eigenvalue weighted by molar-refractivity contribution is -0.139. The van der Waals surface area contributed by atoms with E-state index in [1.807, 2.05) is 11.4 Å². The van der Waals surface area contributed by atoms with Crippen LogP contribution in [-0.4, -0.2) is 28.2 Å². The summed E-state index contributed by atoms with van der Waals surface area (Å²) in [6.07, 6.45) is 1.53. The average Bonchev–Trinajstić information content (AvgIpc) is 3.18. The maximum atomic E-state index is 13.1. The predicted molar refractivity (Wildman–Crippen MR) is 89.9 cm³/mol. The summed E-state index contributed by atoms with van der Waals surface area (Å²) in [6, 6.07) is 8.06. The first kappa shape index (κ1) is 16.1. The number of amides is 1. The summed E-state index contributed by atoms with van der Waals surface area (Å²) < 4.78 is 13.1. The number of ketones is 1. The standard InChI is InChI=1S/C18H14FNO3S/c1-2-9-20-15(13-4-3-10-24-13)14(17(22)18(20)23)16(21)11-5-7-12(19)8-6-11/h2-8,10,15,21H,1,9H2/b16-14+. The van der Waals surface area contributed by atoms with E-state index in [9.17, 15) is 19.1 Å². The van der Waals surface area contributed by atoms with E-state index in [0.29, 0.717) is 0 Å². The van der Waals surface area contributed by atoms with Gasteiger partial charge in [0.15, 0.2) is 0 Å². The number of carbonyl (C=O) groups is 2. The van der Waals surface area contributed by atoms with Crippen molar-refractivity contribution in [3.05, 3.63) is 76.3 Å². The van der Waals surface area contributed by atoms with Gasteiger partial charge in [-0.05, 0) is 35.7 Å².